The molecule has 0 aliphatic rings. The van der Waals surface area contributed by atoms with E-state index < -0.39 is 23.8 Å². The molecule has 2 amide bonds. The van der Waals surface area contributed by atoms with E-state index in [1.165, 1.54) is 0 Å². The van der Waals surface area contributed by atoms with E-state index in [4.69, 9.17) is 0 Å². The maximum Gasteiger partial charge on any atom is 0.408 e. The lowest BCUT2D eigenvalue weighted by molar-refractivity contribution is -0.148. The number of nitrogens with one attached hydrogen (secondary N) is 2. The highest BCUT2D eigenvalue weighted by Gasteiger charge is 2.37. The second kappa shape index (κ2) is 4.06. The van der Waals surface area contributed by atoms with Gasteiger partial charge in [0.2, 0.25) is 0 Å². The Balaban J connectivity index is 4.09. The Morgan fingerprint density at radius 2 is 1.64 bits per heavy atom. The van der Waals surface area contributed by atoms with Crippen LogP contribution in [0.4, 0.5) is 18.0 Å². The fourth-order valence-electron chi connectivity index (χ4n) is 0.655. The molecule has 14 heavy (non-hydrogen) atoms. The second-order valence-corrected chi connectivity index (χ2v) is 4.11. The summed E-state index contributed by atoms with van der Waals surface area (Å²) in [4.78, 5) is 11.0. The number of hydrogen-bond acceptors (Lipinski definition) is 1. The Hall–Kier alpha value is -0.940. The van der Waals surface area contributed by atoms with Crippen LogP contribution in [-0.4, -0.2) is 23.8 Å². The summed E-state index contributed by atoms with van der Waals surface area (Å²) >= 11 is 0. The minimum atomic E-state index is -4.41. The molecule has 0 saturated carbocycles. The van der Waals surface area contributed by atoms with Gasteiger partial charge < -0.3 is 10.6 Å². The van der Waals surface area contributed by atoms with Crippen LogP contribution in [0.25, 0.3) is 0 Å². The molecule has 0 saturated heterocycles. The number of rotatable bonds is 1. The first kappa shape index (κ1) is 13.1. The van der Waals surface area contributed by atoms with Crippen molar-refractivity contribution in [3.05, 3.63) is 0 Å². The van der Waals surface area contributed by atoms with Crippen LogP contribution in [0.2, 0.25) is 0 Å². The molecule has 0 aliphatic carbocycles. The van der Waals surface area contributed by atoms with Crippen LogP contribution in [-0.2, 0) is 0 Å². The molecule has 0 radical (unpaired) electrons. The summed E-state index contributed by atoms with van der Waals surface area (Å²) in [6.45, 7) is 5.95. The van der Waals surface area contributed by atoms with E-state index in [2.05, 4.69) is 5.32 Å². The van der Waals surface area contributed by atoms with Crippen molar-refractivity contribution in [2.45, 2.75) is 45.5 Å². The van der Waals surface area contributed by atoms with Gasteiger partial charge in [0, 0.05) is 5.54 Å². The number of halogens is 3. The van der Waals surface area contributed by atoms with E-state index in [9.17, 15) is 18.0 Å². The average Bonchev–Trinajstić information content (AvgIpc) is 1.79. The van der Waals surface area contributed by atoms with E-state index in [1.54, 1.807) is 26.1 Å². The Morgan fingerprint density at radius 3 is 1.93 bits per heavy atom. The highest BCUT2D eigenvalue weighted by Crippen LogP contribution is 2.19. The fraction of sp³-hybridized carbons (Fsp3) is 0.875. The average molecular weight is 212 g/mol. The van der Waals surface area contributed by atoms with Crippen LogP contribution in [0.3, 0.4) is 0 Å². The van der Waals surface area contributed by atoms with E-state index in [-0.39, 0.29) is 0 Å². The second-order valence-electron chi connectivity index (χ2n) is 4.11. The highest BCUT2D eigenvalue weighted by molar-refractivity contribution is 5.75. The zero-order valence-electron chi connectivity index (χ0n) is 8.62. The molecule has 84 valence electrons. The molecule has 0 fully saturated rings. The molecule has 0 bridgehead atoms. The van der Waals surface area contributed by atoms with Crippen LogP contribution in [0.15, 0.2) is 0 Å². The normalized spacial score (nSPS) is 14.8. The van der Waals surface area contributed by atoms with Crippen LogP contribution in [0, 0.1) is 0 Å². The third-order valence-electron chi connectivity index (χ3n) is 1.33. The Kier molecular flexibility index (Phi) is 3.79. The lowest BCUT2D eigenvalue weighted by atomic mass is 10.1. The lowest BCUT2D eigenvalue weighted by Gasteiger charge is -2.23. The summed E-state index contributed by atoms with van der Waals surface area (Å²) in [7, 11) is 0. The zero-order valence-corrected chi connectivity index (χ0v) is 8.62. The fourth-order valence-corrected chi connectivity index (χ4v) is 0.655. The summed E-state index contributed by atoms with van der Waals surface area (Å²) in [6.07, 6.45) is -4.41. The van der Waals surface area contributed by atoms with Crippen molar-refractivity contribution >= 4 is 6.03 Å². The van der Waals surface area contributed by atoms with Gasteiger partial charge in [0.1, 0.15) is 6.04 Å². The molecular weight excluding hydrogens is 197 g/mol. The SMILES string of the molecule is CC(NC(=O)NC(C)(C)C)C(F)(F)F. The van der Waals surface area contributed by atoms with Crippen molar-refractivity contribution in [3.63, 3.8) is 0 Å². The van der Waals surface area contributed by atoms with E-state index >= 15 is 0 Å². The molecule has 0 spiro atoms. The third kappa shape index (κ3) is 5.66. The Bertz CT molecular complexity index is 208. The van der Waals surface area contributed by atoms with Gasteiger partial charge in [0.15, 0.2) is 0 Å². The highest BCUT2D eigenvalue weighted by atomic mass is 19.4. The predicted octanol–water partition coefficient (Wildman–Crippen LogP) is 2.03. The standard InChI is InChI=1S/C8H15F3N2O/c1-5(8(9,10)11)12-6(14)13-7(2,3)4/h5H,1-4H3,(H2,12,13,14). The minimum absolute atomic E-state index is 0.546. The first-order valence-electron chi connectivity index (χ1n) is 4.18. The number of carbonyl (C=O) groups is 1. The molecule has 1 atom stereocenters. The van der Waals surface area contributed by atoms with Crippen molar-refractivity contribution in [3.8, 4) is 0 Å². The maximum atomic E-state index is 12.0. The van der Waals surface area contributed by atoms with Crippen molar-refractivity contribution in [2.75, 3.05) is 0 Å². The smallest absolute Gasteiger partial charge is 0.334 e. The van der Waals surface area contributed by atoms with Gasteiger partial charge >= 0.3 is 12.2 Å². The van der Waals surface area contributed by atoms with Crippen LogP contribution < -0.4 is 10.6 Å². The van der Waals surface area contributed by atoms with Crippen LogP contribution in [0.5, 0.6) is 0 Å². The molecule has 0 rings (SSSR count). The molecule has 1 unspecified atom stereocenters. The minimum Gasteiger partial charge on any atom is -0.334 e. The molecule has 0 aromatic carbocycles. The van der Waals surface area contributed by atoms with Gasteiger partial charge in [0.25, 0.3) is 0 Å². The van der Waals surface area contributed by atoms with Gasteiger partial charge in [-0.2, -0.15) is 13.2 Å². The molecule has 2 N–H and O–H groups in total. The molecule has 0 aromatic heterocycles. The van der Waals surface area contributed by atoms with Crippen molar-refractivity contribution < 1.29 is 18.0 Å². The summed E-state index contributed by atoms with van der Waals surface area (Å²) in [6, 6.07) is -2.66. The van der Waals surface area contributed by atoms with Gasteiger partial charge in [-0.15, -0.1) is 0 Å². The van der Waals surface area contributed by atoms with Crippen LogP contribution in [0.1, 0.15) is 27.7 Å². The van der Waals surface area contributed by atoms with Crippen molar-refractivity contribution in [1.82, 2.24) is 10.6 Å². The largest absolute Gasteiger partial charge is 0.408 e. The third-order valence-corrected chi connectivity index (χ3v) is 1.33. The molecule has 6 heteroatoms. The molecule has 0 heterocycles. The quantitative estimate of drug-likeness (QED) is 0.686. The van der Waals surface area contributed by atoms with Gasteiger partial charge in [-0.25, -0.2) is 4.79 Å². The molecule has 0 aromatic rings. The Morgan fingerprint density at radius 1 is 1.21 bits per heavy atom. The van der Waals surface area contributed by atoms with Crippen LogP contribution >= 0.6 is 0 Å². The summed E-state index contributed by atoms with van der Waals surface area (Å²) in [5.74, 6) is 0. The van der Waals surface area contributed by atoms with Gasteiger partial charge in [0.05, 0.1) is 0 Å². The van der Waals surface area contributed by atoms with Crippen molar-refractivity contribution in [1.29, 1.82) is 0 Å². The molecule has 3 nitrogen and oxygen atoms in total. The number of alkyl halides is 3. The number of carbonyl (C=O) groups excluding carboxylic acids is 1. The zero-order chi connectivity index (χ0) is 11.6. The number of urea groups is 1. The monoisotopic (exact) mass is 212 g/mol. The van der Waals surface area contributed by atoms with Crippen molar-refractivity contribution in [2.24, 2.45) is 0 Å². The number of amides is 2. The van der Waals surface area contributed by atoms with E-state index in [1.807, 2.05) is 0 Å². The van der Waals surface area contributed by atoms with E-state index in [0.29, 0.717) is 0 Å². The molecular formula is C8H15F3N2O. The summed E-state index contributed by atoms with van der Waals surface area (Å²) in [5, 5.41) is 4.17. The summed E-state index contributed by atoms with van der Waals surface area (Å²) in [5.41, 5.74) is -0.546. The first-order chi connectivity index (χ1) is 6.02. The first-order valence-corrected chi connectivity index (χ1v) is 4.18. The lowest BCUT2D eigenvalue weighted by Crippen LogP contribution is -2.52. The Labute approximate surface area is 81.1 Å². The summed E-state index contributed by atoms with van der Waals surface area (Å²) < 4.78 is 36.0. The number of hydrogen-bond donors (Lipinski definition) is 2. The molecule has 0 aliphatic heterocycles. The topological polar surface area (TPSA) is 41.1 Å². The van der Waals surface area contributed by atoms with Gasteiger partial charge in [-0.3, -0.25) is 0 Å². The predicted molar refractivity (Wildman–Crippen MR) is 46.9 cm³/mol. The maximum absolute atomic E-state index is 12.0. The van der Waals surface area contributed by atoms with Gasteiger partial charge in [-0.05, 0) is 27.7 Å². The van der Waals surface area contributed by atoms with E-state index in [0.717, 1.165) is 6.92 Å². The van der Waals surface area contributed by atoms with Gasteiger partial charge in [-0.1, -0.05) is 0 Å².